The van der Waals surface area contributed by atoms with Crippen molar-refractivity contribution in [3.8, 4) is 0 Å². The molecule has 0 fully saturated rings. The van der Waals surface area contributed by atoms with Gasteiger partial charge in [-0.3, -0.25) is 24.6 Å². The van der Waals surface area contributed by atoms with Gasteiger partial charge in [-0.15, -0.1) is 0 Å². The Hall–Kier alpha value is -3.72. The van der Waals surface area contributed by atoms with Crippen molar-refractivity contribution in [3.05, 3.63) is 108 Å². The number of carbonyl (C=O) groups is 1. The van der Waals surface area contributed by atoms with Gasteiger partial charge in [0.1, 0.15) is 11.4 Å². The average Bonchev–Trinajstić information content (AvgIpc) is 3.07. The summed E-state index contributed by atoms with van der Waals surface area (Å²) in [6.07, 6.45) is 5.48. The molecule has 3 heterocycles. The van der Waals surface area contributed by atoms with Gasteiger partial charge >= 0.3 is 0 Å². The smallest absolute Gasteiger partial charge is 0.296 e. The minimum absolute atomic E-state index is 0.0454. The van der Waals surface area contributed by atoms with Gasteiger partial charge in [-0.2, -0.15) is 0 Å². The Kier molecular flexibility index (Phi) is 4.70. The highest BCUT2D eigenvalue weighted by Crippen LogP contribution is 2.41. The quantitative estimate of drug-likeness (QED) is 0.428. The zero-order valence-corrected chi connectivity index (χ0v) is 18.3. The molecule has 3 aromatic rings. The van der Waals surface area contributed by atoms with Crippen molar-refractivity contribution in [1.82, 2.24) is 10.2 Å². The van der Waals surface area contributed by atoms with Crippen molar-refractivity contribution in [3.63, 3.8) is 0 Å². The first kappa shape index (κ1) is 20.2. The minimum atomic E-state index is -0.880. The number of nitrogens with zero attached hydrogens (tertiary/aromatic N) is 2. The van der Waals surface area contributed by atoms with Gasteiger partial charge in [-0.1, -0.05) is 40.2 Å². The van der Waals surface area contributed by atoms with Gasteiger partial charge in [0.25, 0.3) is 11.6 Å². The number of hydrogen-bond acceptors (Lipinski definition) is 6. The molecule has 0 aliphatic carbocycles. The summed E-state index contributed by atoms with van der Waals surface area (Å²) in [5.74, 6) is -0.0662. The molecule has 9 heteroatoms. The van der Waals surface area contributed by atoms with Crippen molar-refractivity contribution in [2.24, 2.45) is 0 Å². The summed E-state index contributed by atoms with van der Waals surface area (Å²) >= 11 is 3.37. The van der Waals surface area contributed by atoms with Gasteiger partial charge < -0.3 is 9.73 Å². The number of hydrogen-bond donors (Lipinski definition) is 1. The number of rotatable bonds is 3. The first-order valence-electron chi connectivity index (χ1n) is 9.84. The molecular formula is C23H16BrN3O5. The van der Waals surface area contributed by atoms with Crippen LogP contribution in [0.5, 0.6) is 0 Å². The van der Waals surface area contributed by atoms with Crippen LogP contribution in [0.1, 0.15) is 34.6 Å². The predicted molar refractivity (Wildman–Crippen MR) is 121 cm³/mol. The number of benzene rings is 2. The molecule has 8 nitrogen and oxygen atoms in total. The Bertz CT molecular complexity index is 1420. The predicted octanol–water partition coefficient (Wildman–Crippen LogP) is 4.40. The van der Waals surface area contributed by atoms with Crippen molar-refractivity contribution in [2.75, 3.05) is 0 Å². The molecule has 0 saturated carbocycles. The van der Waals surface area contributed by atoms with Gasteiger partial charge in [0.2, 0.25) is 5.76 Å². The summed E-state index contributed by atoms with van der Waals surface area (Å²) in [5, 5.41) is 14.9. The van der Waals surface area contributed by atoms with Crippen LogP contribution in [0.15, 0.2) is 80.2 Å². The molecule has 1 aromatic heterocycles. The summed E-state index contributed by atoms with van der Waals surface area (Å²) in [6.45, 7) is 1.93. The molecule has 32 heavy (non-hydrogen) atoms. The van der Waals surface area contributed by atoms with E-state index in [0.29, 0.717) is 26.8 Å². The number of non-ortho nitro benzene ring substituents is 1. The fraction of sp³-hybridized carbons (Fsp3) is 0.130. The molecule has 0 radical (unpaired) electrons. The van der Waals surface area contributed by atoms with E-state index in [1.807, 2.05) is 19.1 Å². The van der Waals surface area contributed by atoms with E-state index in [1.165, 1.54) is 17.0 Å². The molecule has 2 aliphatic heterocycles. The third kappa shape index (κ3) is 3.13. The van der Waals surface area contributed by atoms with Crippen LogP contribution in [0.2, 0.25) is 0 Å². The molecule has 2 atom stereocenters. The fourth-order valence-corrected chi connectivity index (χ4v) is 4.47. The second-order valence-electron chi connectivity index (χ2n) is 7.61. The molecule has 2 aliphatic rings. The highest BCUT2D eigenvalue weighted by Gasteiger charge is 2.45. The van der Waals surface area contributed by atoms with Crippen LogP contribution in [0.3, 0.4) is 0 Å². The number of nitro groups is 1. The molecule has 0 bridgehead atoms. The minimum Gasteiger partial charge on any atom is -0.450 e. The number of dihydropyridines is 1. The van der Waals surface area contributed by atoms with Crippen LogP contribution >= 0.6 is 15.9 Å². The second kappa shape index (κ2) is 7.45. The standard InChI is InChI=1S/C23H16BrN3O5/c1-12-4-2-7-18(25-12)26-20(13-5-3-6-15(10-13)27(30)31)19-21(28)16-11-14(24)8-9-17(16)32-22(19)23(26)29/h2-12,20,25H,1H3/t12-,20+/m1/s1. The first-order chi connectivity index (χ1) is 15.3. The van der Waals surface area contributed by atoms with E-state index in [0.717, 1.165) is 0 Å². The van der Waals surface area contributed by atoms with E-state index < -0.39 is 16.9 Å². The van der Waals surface area contributed by atoms with Crippen LogP contribution in [-0.2, 0) is 0 Å². The Labute approximate surface area is 190 Å². The van der Waals surface area contributed by atoms with E-state index in [1.54, 1.807) is 36.4 Å². The third-order valence-electron chi connectivity index (χ3n) is 5.52. The number of fused-ring (bicyclic) bond motifs is 2. The Morgan fingerprint density at radius 1 is 1.19 bits per heavy atom. The van der Waals surface area contributed by atoms with Crippen LogP contribution in [0.25, 0.3) is 11.0 Å². The number of carbonyl (C=O) groups excluding carboxylic acids is 1. The Balaban J connectivity index is 1.80. The lowest BCUT2D eigenvalue weighted by Gasteiger charge is -2.30. The summed E-state index contributed by atoms with van der Waals surface area (Å²) < 4.78 is 6.61. The SMILES string of the molecule is C[C@@H]1C=CC=C(N2C(=O)c3oc4ccc(Br)cc4c(=O)c3[C@@H]2c2cccc([N+](=O)[O-])c2)N1. The normalized spacial score (nSPS) is 19.6. The molecule has 2 aromatic carbocycles. The molecule has 1 N–H and O–H groups in total. The highest BCUT2D eigenvalue weighted by atomic mass is 79.9. The van der Waals surface area contributed by atoms with E-state index in [4.69, 9.17) is 4.42 Å². The van der Waals surface area contributed by atoms with E-state index in [2.05, 4.69) is 21.2 Å². The van der Waals surface area contributed by atoms with Crippen molar-refractivity contribution < 1.29 is 14.1 Å². The Morgan fingerprint density at radius 3 is 2.75 bits per heavy atom. The molecule has 5 rings (SSSR count). The number of nitrogens with one attached hydrogen (secondary N) is 1. The van der Waals surface area contributed by atoms with Crippen molar-refractivity contribution in [2.45, 2.75) is 19.0 Å². The van der Waals surface area contributed by atoms with Crippen LogP contribution in [0, 0.1) is 10.1 Å². The first-order valence-corrected chi connectivity index (χ1v) is 10.6. The lowest BCUT2D eigenvalue weighted by molar-refractivity contribution is -0.384. The fourth-order valence-electron chi connectivity index (χ4n) is 4.11. The zero-order chi connectivity index (χ0) is 22.6. The molecule has 0 saturated heterocycles. The molecule has 1 amide bonds. The number of nitro benzene ring substituents is 1. The largest absolute Gasteiger partial charge is 0.450 e. The maximum Gasteiger partial charge on any atom is 0.296 e. The maximum atomic E-state index is 13.6. The Morgan fingerprint density at radius 2 is 2.00 bits per heavy atom. The monoisotopic (exact) mass is 493 g/mol. The van der Waals surface area contributed by atoms with Gasteiger partial charge in [0, 0.05) is 22.6 Å². The number of halogens is 1. The average molecular weight is 494 g/mol. The van der Waals surface area contributed by atoms with E-state index in [-0.39, 0.29) is 28.5 Å². The lowest BCUT2D eigenvalue weighted by Crippen LogP contribution is -2.39. The van der Waals surface area contributed by atoms with Gasteiger partial charge in [0.15, 0.2) is 5.43 Å². The molecule has 160 valence electrons. The number of amides is 1. The highest BCUT2D eigenvalue weighted by molar-refractivity contribution is 9.10. The maximum absolute atomic E-state index is 13.6. The summed E-state index contributed by atoms with van der Waals surface area (Å²) in [5.41, 5.74) is 0.415. The molecule has 0 spiro atoms. The van der Waals surface area contributed by atoms with Gasteiger partial charge in [-0.25, -0.2) is 0 Å². The van der Waals surface area contributed by atoms with E-state index >= 15 is 0 Å². The summed E-state index contributed by atoms with van der Waals surface area (Å²) in [7, 11) is 0. The van der Waals surface area contributed by atoms with Crippen LogP contribution < -0.4 is 10.7 Å². The summed E-state index contributed by atoms with van der Waals surface area (Å²) in [4.78, 5) is 39.4. The summed E-state index contributed by atoms with van der Waals surface area (Å²) in [6, 6.07) is 10.0. The second-order valence-corrected chi connectivity index (χ2v) is 8.53. The van der Waals surface area contributed by atoms with Crippen molar-refractivity contribution >= 4 is 38.5 Å². The zero-order valence-electron chi connectivity index (χ0n) is 16.7. The van der Waals surface area contributed by atoms with E-state index in [9.17, 15) is 19.7 Å². The third-order valence-corrected chi connectivity index (χ3v) is 6.01. The number of allylic oxidation sites excluding steroid dienone is 2. The van der Waals surface area contributed by atoms with Crippen molar-refractivity contribution in [1.29, 1.82) is 0 Å². The van der Waals surface area contributed by atoms with Crippen LogP contribution in [0.4, 0.5) is 5.69 Å². The van der Waals surface area contributed by atoms with Crippen LogP contribution in [-0.4, -0.2) is 21.8 Å². The topological polar surface area (TPSA) is 106 Å². The van der Waals surface area contributed by atoms with Gasteiger partial charge in [0.05, 0.1) is 21.9 Å². The molecule has 0 unspecified atom stereocenters. The molecular weight excluding hydrogens is 478 g/mol. The van der Waals surface area contributed by atoms with Gasteiger partial charge in [-0.05, 0) is 36.8 Å². The lowest BCUT2D eigenvalue weighted by atomic mass is 9.98.